The number of nitrogens with one attached hydrogen (secondary N) is 2. The summed E-state index contributed by atoms with van der Waals surface area (Å²) in [5.41, 5.74) is 1.13. The molecule has 2 aromatic rings. The normalized spacial score (nSPS) is 14.0. The number of likely N-dealkylation sites (tertiary alicyclic amines) is 1. The molecule has 2 amide bonds. The molecule has 8 nitrogen and oxygen atoms in total. The minimum atomic E-state index is -0.365. The van der Waals surface area contributed by atoms with Crippen LogP contribution in [0, 0.1) is 5.92 Å². The van der Waals surface area contributed by atoms with Crippen LogP contribution in [0.25, 0.3) is 0 Å². The zero-order valence-electron chi connectivity index (χ0n) is 19.1. The Hall–Kier alpha value is -3.26. The number of aromatic hydroxyl groups is 1. The second-order valence-corrected chi connectivity index (χ2v) is 8.06. The highest BCUT2D eigenvalue weighted by atomic mass is 16.5. The molecule has 0 radical (unpaired) electrons. The van der Waals surface area contributed by atoms with Crippen molar-refractivity contribution >= 4 is 17.7 Å². The lowest BCUT2D eigenvalue weighted by Gasteiger charge is -2.32. The van der Waals surface area contributed by atoms with Gasteiger partial charge in [-0.25, -0.2) is 9.59 Å². The van der Waals surface area contributed by atoms with Crippen molar-refractivity contribution in [3.8, 4) is 11.5 Å². The van der Waals surface area contributed by atoms with Gasteiger partial charge < -0.3 is 30.1 Å². The topological polar surface area (TPSA) is 100 Å². The number of esters is 1. The number of ether oxygens (including phenoxy) is 2. The van der Waals surface area contributed by atoms with Crippen LogP contribution in [-0.4, -0.2) is 61.4 Å². The van der Waals surface area contributed by atoms with E-state index in [1.807, 2.05) is 4.90 Å². The van der Waals surface area contributed by atoms with Gasteiger partial charge in [0.2, 0.25) is 0 Å². The molecule has 1 aliphatic heterocycles. The van der Waals surface area contributed by atoms with Crippen molar-refractivity contribution in [2.24, 2.45) is 5.92 Å². The van der Waals surface area contributed by atoms with E-state index >= 15 is 0 Å². The molecule has 1 saturated heterocycles. The fraction of sp³-hybridized carbons (Fsp3) is 0.440. The number of hydrogen-bond acceptors (Lipinski definition) is 6. The van der Waals surface area contributed by atoms with Crippen molar-refractivity contribution in [2.75, 3.05) is 44.7 Å². The number of phenols is 1. The maximum atomic E-state index is 12.5. The molecular weight excluding hydrogens is 422 g/mol. The molecule has 0 atom stereocenters. The minimum Gasteiger partial charge on any atom is -0.508 e. The highest BCUT2D eigenvalue weighted by molar-refractivity contribution is 5.92. The van der Waals surface area contributed by atoms with E-state index in [0.717, 1.165) is 51.2 Å². The first-order valence-corrected chi connectivity index (χ1v) is 11.5. The number of benzene rings is 2. The van der Waals surface area contributed by atoms with E-state index in [1.165, 1.54) is 0 Å². The van der Waals surface area contributed by atoms with Gasteiger partial charge in [0.05, 0.1) is 18.8 Å². The number of anilines is 1. The summed E-state index contributed by atoms with van der Waals surface area (Å²) in [6, 6.07) is 13.4. The average Bonchev–Trinajstić information content (AvgIpc) is 2.83. The molecule has 1 heterocycles. The molecule has 178 valence electrons. The van der Waals surface area contributed by atoms with Crippen molar-refractivity contribution in [3.63, 3.8) is 0 Å². The van der Waals surface area contributed by atoms with E-state index in [0.29, 0.717) is 30.4 Å². The molecule has 3 N–H and O–H groups in total. The molecule has 33 heavy (non-hydrogen) atoms. The average molecular weight is 456 g/mol. The van der Waals surface area contributed by atoms with Gasteiger partial charge >= 0.3 is 12.0 Å². The zero-order chi connectivity index (χ0) is 23.5. The monoisotopic (exact) mass is 455 g/mol. The Kier molecular flexibility index (Phi) is 9.38. The van der Waals surface area contributed by atoms with Gasteiger partial charge in [-0.15, -0.1) is 0 Å². The number of urea groups is 1. The quantitative estimate of drug-likeness (QED) is 0.371. The first-order chi connectivity index (χ1) is 16.0. The number of nitrogens with zero attached hydrogens (tertiary/aromatic N) is 1. The maximum Gasteiger partial charge on any atom is 0.338 e. The Bertz CT molecular complexity index is 878. The van der Waals surface area contributed by atoms with Crippen LogP contribution in [0.2, 0.25) is 0 Å². The summed E-state index contributed by atoms with van der Waals surface area (Å²) in [5, 5.41) is 15.7. The van der Waals surface area contributed by atoms with E-state index in [2.05, 4.69) is 10.6 Å². The third kappa shape index (κ3) is 7.98. The van der Waals surface area contributed by atoms with Crippen LogP contribution in [-0.2, 0) is 4.74 Å². The highest BCUT2D eigenvalue weighted by Crippen LogP contribution is 2.19. The number of amides is 2. The lowest BCUT2D eigenvalue weighted by Crippen LogP contribution is -2.42. The van der Waals surface area contributed by atoms with Gasteiger partial charge in [0.25, 0.3) is 0 Å². The maximum absolute atomic E-state index is 12.5. The Labute approximate surface area is 194 Å². The Morgan fingerprint density at radius 2 is 1.76 bits per heavy atom. The van der Waals surface area contributed by atoms with E-state index in [9.17, 15) is 14.7 Å². The summed E-state index contributed by atoms with van der Waals surface area (Å²) in [7, 11) is 0. The van der Waals surface area contributed by atoms with Crippen LogP contribution in [0.1, 0.15) is 36.5 Å². The number of carbonyl (C=O) groups excluding carboxylic acids is 2. The minimum absolute atomic E-state index is 0.114. The van der Waals surface area contributed by atoms with Crippen molar-refractivity contribution < 1.29 is 24.2 Å². The van der Waals surface area contributed by atoms with Crippen molar-refractivity contribution in [1.29, 1.82) is 0 Å². The van der Waals surface area contributed by atoms with Crippen molar-refractivity contribution in [1.82, 2.24) is 10.2 Å². The SMILES string of the molecule is CCOC(=O)c1ccc(NC(=O)N2CCC(CNCCCOc3ccc(O)cc3)CC2)cc1. The van der Waals surface area contributed by atoms with Gasteiger partial charge in [0.15, 0.2) is 0 Å². The van der Waals surface area contributed by atoms with E-state index < -0.39 is 0 Å². The van der Waals surface area contributed by atoms with Crippen molar-refractivity contribution in [2.45, 2.75) is 26.2 Å². The summed E-state index contributed by atoms with van der Waals surface area (Å²) in [6.45, 7) is 5.98. The third-order valence-corrected chi connectivity index (χ3v) is 5.59. The highest BCUT2D eigenvalue weighted by Gasteiger charge is 2.22. The van der Waals surface area contributed by atoms with Gasteiger partial charge in [0, 0.05) is 18.8 Å². The second kappa shape index (κ2) is 12.7. The van der Waals surface area contributed by atoms with Crippen LogP contribution in [0.3, 0.4) is 0 Å². The molecule has 0 saturated carbocycles. The summed E-state index contributed by atoms with van der Waals surface area (Å²) >= 11 is 0. The van der Waals surface area contributed by atoms with E-state index in [-0.39, 0.29) is 17.7 Å². The molecule has 8 heteroatoms. The van der Waals surface area contributed by atoms with Gasteiger partial charge in [-0.1, -0.05) is 0 Å². The molecule has 1 fully saturated rings. The summed E-state index contributed by atoms with van der Waals surface area (Å²) in [4.78, 5) is 26.1. The van der Waals surface area contributed by atoms with Crippen LogP contribution in [0.15, 0.2) is 48.5 Å². The lowest BCUT2D eigenvalue weighted by molar-refractivity contribution is 0.0526. The molecule has 0 bridgehead atoms. The fourth-order valence-electron chi connectivity index (χ4n) is 3.68. The number of piperidine rings is 1. The molecule has 1 aliphatic rings. The van der Waals surface area contributed by atoms with Crippen molar-refractivity contribution in [3.05, 3.63) is 54.1 Å². The smallest absolute Gasteiger partial charge is 0.338 e. The Morgan fingerprint density at radius 3 is 2.42 bits per heavy atom. The number of hydrogen-bond donors (Lipinski definition) is 3. The number of phenolic OH excluding ortho intramolecular Hbond substituents is 1. The summed E-state index contributed by atoms with van der Waals surface area (Å²) in [5.74, 6) is 1.18. The lowest BCUT2D eigenvalue weighted by atomic mass is 9.97. The molecule has 3 rings (SSSR count). The van der Waals surface area contributed by atoms with Crippen LogP contribution in [0.5, 0.6) is 11.5 Å². The molecule has 2 aromatic carbocycles. The Balaban J connectivity index is 1.28. The number of carbonyl (C=O) groups is 2. The van der Waals surface area contributed by atoms with E-state index in [1.54, 1.807) is 55.5 Å². The van der Waals surface area contributed by atoms with Gasteiger partial charge in [-0.3, -0.25) is 0 Å². The predicted octanol–water partition coefficient (Wildman–Crippen LogP) is 3.87. The van der Waals surface area contributed by atoms with E-state index in [4.69, 9.17) is 9.47 Å². The van der Waals surface area contributed by atoms with Gasteiger partial charge in [0.1, 0.15) is 11.5 Å². The standard InChI is InChI=1S/C25H33N3O5/c1-2-32-24(30)20-4-6-21(7-5-20)27-25(31)28-15-12-19(13-16-28)18-26-14-3-17-33-23-10-8-22(29)9-11-23/h4-11,19,26,29H,2-3,12-18H2,1H3,(H,27,31). The first-order valence-electron chi connectivity index (χ1n) is 11.5. The summed E-state index contributed by atoms with van der Waals surface area (Å²) in [6.07, 6.45) is 2.83. The molecular formula is C25H33N3O5. The van der Waals surface area contributed by atoms with Crippen LogP contribution in [0.4, 0.5) is 10.5 Å². The van der Waals surface area contributed by atoms with Gasteiger partial charge in [-0.05, 0) is 93.7 Å². The fourth-order valence-corrected chi connectivity index (χ4v) is 3.68. The second-order valence-electron chi connectivity index (χ2n) is 8.06. The van der Waals surface area contributed by atoms with Crippen LogP contribution >= 0.6 is 0 Å². The zero-order valence-corrected chi connectivity index (χ0v) is 19.1. The van der Waals surface area contributed by atoms with Gasteiger partial charge in [-0.2, -0.15) is 0 Å². The first kappa shape index (κ1) is 24.4. The largest absolute Gasteiger partial charge is 0.508 e. The number of rotatable bonds is 10. The predicted molar refractivity (Wildman–Crippen MR) is 127 cm³/mol. The Morgan fingerprint density at radius 1 is 1.06 bits per heavy atom. The van der Waals surface area contributed by atoms with Crippen LogP contribution < -0.4 is 15.4 Å². The molecule has 0 unspecified atom stereocenters. The molecule has 0 aromatic heterocycles. The molecule has 0 spiro atoms. The summed E-state index contributed by atoms with van der Waals surface area (Å²) < 4.78 is 10.6. The molecule has 0 aliphatic carbocycles. The third-order valence-electron chi connectivity index (χ3n) is 5.59.